The van der Waals surface area contributed by atoms with Gasteiger partial charge in [-0.3, -0.25) is 4.79 Å². The summed E-state index contributed by atoms with van der Waals surface area (Å²) in [5.41, 5.74) is 2.03. The third-order valence-corrected chi connectivity index (χ3v) is 3.99. The summed E-state index contributed by atoms with van der Waals surface area (Å²) in [6.07, 6.45) is -0.205. The van der Waals surface area contributed by atoms with Gasteiger partial charge in [0.2, 0.25) is 0 Å². The van der Waals surface area contributed by atoms with Gasteiger partial charge in [-0.15, -0.1) is 0 Å². The Bertz CT molecular complexity index is 732. The fourth-order valence-electron chi connectivity index (χ4n) is 2.95. The summed E-state index contributed by atoms with van der Waals surface area (Å²) in [7, 11) is 0. The maximum Gasteiger partial charge on any atom is 0.255 e. The van der Waals surface area contributed by atoms with Gasteiger partial charge in [0.05, 0.1) is 24.3 Å². The van der Waals surface area contributed by atoms with Gasteiger partial charge in [-0.1, -0.05) is 30.3 Å². The van der Waals surface area contributed by atoms with Crippen molar-refractivity contribution >= 4 is 5.91 Å². The van der Waals surface area contributed by atoms with Crippen LogP contribution in [0.2, 0.25) is 0 Å². The SMILES string of the molecule is CCOc1c(F)cccc1C(=O)NC1c2ccccc2CC1O. The Hall–Kier alpha value is -2.40. The van der Waals surface area contributed by atoms with E-state index < -0.39 is 23.9 Å². The van der Waals surface area contributed by atoms with Crippen molar-refractivity contribution in [1.29, 1.82) is 0 Å². The highest BCUT2D eigenvalue weighted by Gasteiger charge is 2.32. The maximum atomic E-state index is 13.9. The standard InChI is InChI=1S/C18H18FNO3/c1-2-23-17-13(8-5-9-14(17)19)18(22)20-16-12-7-4-3-6-11(12)10-15(16)21/h3-9,15-16,21H,2,10H2,1H3,(H,20,22). The first-order chi connectivity index (χ1) is 11.1. The minimum absolute atomic E-state index is 0.0618. The number of nitrogens with one attached hydrogen (secondary N) is 1. The Balaban J connectivity index is 1.87. The lowest BCUT2D eigenvalue weighted by molar-refractivity contribution is 0.0853. The predicted octanol–water partition coefficient (Wildman–Crippen LogP) is 2.61. The number of rotatable bonds is 4. The molecule has 2 unspecified atom stereocenters. The molecule has 1 amide bonds. The van der Waals surface area contributed by atoms with Crippen LogP contribution in [0.25, 0.3) is 0 Å². The lowest BCUT2D eigenvalue weighted by Crippen LogP contribution is -2.34. The molecule has 0 aromatic heterocycles. The molecule has 2 aromatic carbocycles. The number of hydrogen-bond donors (Lipinski definition) is 2. The Morgan fingerprint density at radius 1 is 1.30 bits per heavy atom. The minimum Gasteiger partial charge on any atom is -0.490 e. The van der Waals surface area contributed by atoms with E-state index >= 15 is 0 Å². The van der Waals surface area contributed by atoms with Crippen LogP contribution >= 0.6 is 0 Å². The number of aliphatic hydroxyl groups is 1. The van der Waals surface area contributed by atoms with Crippen LogP contribution in [0, 0.1) is 5.82 Å². The highest BCUT2D eigenvalue weighted by Crippen LogP contribution is 2.32. The number of aliphatic hydroxyl groups excluding tert-OH is 1. The fourth-order valence-corrected chi connectivity index (χ4v) is 2.95. The molecule has 0 radical (unpaired) electrons. The Morgan fingerprint density at radius 2 is 2.09 bits per heavy atom. The van der Waals surface area contributed by atoms with Crippen molar-refractivity contribution < 1.29 is 19.0 Å². The van der Waals surface area contributed by atoms with Crippen molar-refractivity contribution in [2.45, 2.75) is 25.5 Å². The molecule has 2 N–H and O–H groups in total. The van der Waals surface area contributed by atoms with Gasteiger partial charge in [-0.25, -0.2) is 4.39 Å². The zero-order chi connectivity index (χ0) is 16.4. The molecule has 0 saturated heterocycles. The van der Waals surface area contributed by atoms with E-state index in [1.807, 2.05) is 24.3 Å². The molecule has 23 heavy (non-hydrogen) atoms. The Labute approximate surface area is 133 Å². The van der Waals surface area contributed by atoms with Crippen LogP contribution in [0.15, 0.2) is 42.5 Å². The van der Waals surface area contributed by atoms with Crippen molar-refractivity contribution in [1.82, 2.24) is 5.32 Å². The lowest BCUT2D eigenvalue weighted by Gasteiger charge is -2.19. The molecule has 0 aliphatic heterocycles. The quantitative estimate of drug-likeness (QED) is 0.912. The van der Waals surface area contributed by atoms with Crippen LogP contribution in [-0.4, -0.2) is 23.7 Å². The molecule has 2 aromatic rings. The molecule has 120 valence electrons. The van der Waals surface area contributed by atoms with Gasteiger partial charge < -0.3 is 15.2 Å². The number of hydrogen-bond acceptors (Lipinski definition) is 3. The number of carbonyl (C=O) groups excluding carboxylic acids is 1. The number of benzene rings is 2. The van der Waals surface area contributed by atoms with Crippen LogP contribution in [0.3, 0.4) is 0 Å². The maximum absolute atomic E-state index is 13.9. The summed E-state index contributed by atoms with van der Waals surface area (Å²) in [5, 5.41) is 13.0. The van der Waals surface area contributed by atoms with Gasteiger partial charge in [0.1, 0.15) is 0 Å². The second-order valence-electron chi connectivity index (χ2n) is 5.47. The van der Waals surface area contributed by atoms with E-state index in [4.69, 9.17) is 4.74 Å². The van der Waals surface area contributed by atoms with E-state index in [1.54, 1.807) is 6.92 Å². The summed E-state index contributed by atoms with van der Waals surface area (Å²) in [4.78, 5) is 12.5. The lowest BCUT2D eigenvalue weighted by atomic mass is 10.1. The second-order valence-corrected chi connectivity index (χ2v) is 5.47. The van der Waals surface area contributed by atoms with Gasteiger partial charge in [0, 0.05) is 6.42 Å². The molecule has 0 saturated carbocycles. The predicted molar refractivity (Wildman–Crippen MR) is 83.9 cm³/mol. The van der Waals surface area contributed by atoms with Gasteiger partial charge in [0.15, 0.2) is 11.6 Å². The monoisotopic (exact) mass is 315 g/mol. The first-order valence-electron chi connectivity index (χ1n) is 7.60. The van der Waals surface area contributed by atoms with Gasteiger partial charge in [-0.05, 0) is 30.2 Å². The molecule has 0 heterocycles. The fraction of sp³-hybridized carbons (Fsp3) is 0.278. The van der Waals surface area contributed by atoms with E-state index in [0.717, 1.165) is 11.1 Å². The highest BCUT2D eigenvalue weighted by molar-refractivity contribution is 5.97. The van der Waals surface area contributed by atoms with Crippen LogP contribution in [-0.2, 0) is 6.42 Å². The van der Waals surface area contributed by atoms with E-state index in [-0.39, 0.29) is 17.9 Å². The summed E-state index contributed by atoms with van der Waals surface area (Å²) in [5.74, 6) is -1.10. The second kappa shape index (κ2) is 6.38. The Morgan fingerprint density at radius 3 is 2.87 bits per heavy atom. The van der Waals surface area contributed by atoms with Gasteiger partial charge in [0.25, 0.3) is 5.91 Å². The molecule has 0 spiro atoms. The average molecular weight is 315 g/mol. The highest BCUT2D eigenvalue weighted by atomic mass is 19.1. The van der Waals surface area contributed by atoms with Gasteiger partial charge in [-0.2, -0.15) is 0 Å². The summed E-state index contributed by atoms with van der Waals surface area (Å²) in [6.45, 7) is 1.99. The average Bonchev–Trinajstić information content (AvgIpc) is 2.85. The third kappa shape index (κ3) is 2.92. The number of carbonyl (C=O) groups is 1. The van der Waals surface area contributed by atoms with E-state index in [0.29, 0.717) is 6.42 Å². The summed E-state index contributed by atoms with van der Waals surface area (Å²) >= 11 is 0. The van der Waals surface area contributed by atoms with E-state index in [1.165, 1.54) is 18.2 Å². The van der Waals surface area contributed by atoms with Crippen molar-refractivity contribution in [3.63, 3.8) is 0 Å². The first-order valence-corrected chi connectivity index (χ1v) is 7.60. The van der Waals surface area contributed by atoms with Crippen LogP contribution in [0.5, 0.6) is 5.75 Å². The topological polar surface area (TPSA) is 58.6 Å². The number of fused-ring (bicyclic) bond motifs is 1. The molecular formula is C18H18FNO3. The smallest absolute Gasteiger partial charge is 0.255 e. The molecule has 0 fully saturated rings. The van der Waals surface area contributed by atoms with Crippen molar-refractivity contribution in [3.8, 4) is 5.75 Å². The summed E-state index contributed by atoms with van der Waals surface area (Å²) < 4.78 is 19.1. The van der Waals surface area contributed by atoms with Crippen LogP contribution < -0.4 is 10.1 Å². The normalized spacial score (nSPS) is 19.3. The zero-order valence-electron chi connectivity index (χ0n) is 12.8. The molecule has 1 aliphatic carbocycles. The first kappa shape index (κ1) is 15.5. The molecule has 5 heteroatoms. The molecule has 4 nitrogen and oxygen atoms in total. The molecule has 1 aliphatic rings. The zero-order valence-corrected chi connectivity index (χ0v) is 12.8. The minimum atomic E-state index is -0.694. The van der Waals surface area contributed by atoms with Crippen LogP contribution in [0.4, 0.5) is 4.39 Å². The number of amides is 1. The van der Waals surface area contributed by atoms with Crippen LogP contribution in [0.1, 0.15) is 34.5 Å². The number of ether oxygens (including phenoxy) is 1. The van der Waals surface area contributed by atoms with E-state index in [2.05, 4.69) is 5.32 Å². The summed E-state index contributed by atoms with van der Waals surface area (Å²) in [6, 6.07) is 11.3. The molecular weight excluding hydrogens is 297 g/mol. The van der Waals surface area contributed by atoms with E-state index in [9.17, 15) is 14.3 Å². The number of para-hydroxylation sites is 1. The third-order valence-electron chi connectivity index (χ3n) is 3.99. The van der Waals surface area contributed by atoms with Crippen molar-refractivity contribution in [2.75, 3.05) is 6.61 Å². The number of halogens is 1. The van der Waals surface area contributed by atoms with Crippen molar-refractivity contribution in [2.24, 2.45) is 0 Å². The largest absolute Gasteiger partial charge is 0.490 e. The molecule has 3 rings (SSSR count). The van der Waals surface area contributed by atoms with Crippen molar-refractivity contribution in [3.05, 3.63) is 65.0 Å². The molecule has 0 bridgehead atoms. The Kier molecular flexibility index (Phi) is 4.30. The molecule has 2 atom stereocenters. The van der Waals surface area contributed by atoms with Gasteiger partial charge >= 0.3 is 0 Å².